The van der Waals surface area contributed by atoms with Crippen molar-refractivity contribution in [1.82, 2.24) is 15.1 Å². The van der Waals surface area contributed by atoms with Crippen molar-refractivity contribution in [2.45, 2.75) is 19.9 Å². The summed E-state index contributed by atoms with van der Waals surface area (Å²) >= 11 is 0. The van der Waals surface area contributed by atoms with Gasteiger partial charge in [-0.15, -0.1) is 0 Å². The maximum Gasteiger partial charge on any atom is 0.325 e. The van der Waals surface area contributed by atoms with Crippen LogP contribution in [-0.2, 0) is 0 Å². The molecule has 1 rings (SSSR count). The van der Waals surface area contributed by atoms with Crippen molar-refractivity contribution < 1.29 is 9.59 Å². The van der Waals surface area contributed by atoms with Gasteiger partial charge >= 0.3 is 12.1 Å². The summed E-state index contributed by atoms with van der Waals surface area (Å²) in [5, 5.41) is 2.06. The van der Waals surface area contributed by atoms with Gasteiger partial charge in [0.1, 0.15) is 0 Å². The van der Waals surface area contributed by atoms with Crippen molar-refractivity contribution in [3.05, 3.63) is 0 Å². The van der Waals surface area contributed by atoms with Crippen molar-refractivity contribution in [2.75, 3.05) is 26.2 Å². The van der Waals surface area contributed by atoms with Gasteiger partial charge in [0, 0.05) is 32.2 Å². The van der Waals surface area contributed by atoms with E-state index < -0.39 is 12.1 Å². The van der Waals surface area contributed by atoms with Crippen molar-refractivity contribution in [2.24, 2.45) is 5.73 Å². The van der Waals surface area contributed by atoms with E-state index in [1.165, 1.54) is 0 Å². The first-order valence-corrected chi connectivity index (χ1v) is 5.10. The maximum atomic E-state index is 11.4. The minimum atomic E-state index is -0.800. The van der Waals surface area contributed by atoms with Crippen LogP contribution in [0.25, 0.3) is 0 Å². The smallest absolute Gasteiger partial charge is 0.325 e. The van der Waals surface area contributed by atoms with Crippen LogP contribution < -0.4 is 11.1 Å². The predicted octanol–water partition coefficient (Wildman–Crippen LogP) is -0.199. The predicted molar refractivity (Wildman–Crippen MR) is 56.4 cm³/mol. The van der Waals surface area contributed by atoms with E-state index in [1.54, 1.807) is 4.90 Å². The Morgan fingerprint density at radius 2 is 1.73 bits per heavy atom. The lowest BCUT2D eigenvalue weighted by Gasteiger charge is -2.36. The molecule has 0 bridgehead atoms. The van der Waals surface area contributed by atoms with Gasteiger partial charge in [0.15, 0.2) is 0 Å². The van der Waals surface area contributed by atoms with Crippen LogP contribution in [0, 0.1) is 0 Å². The summed E-state index contributed by atoms with van der Waals surface area (Å²) in [5.74, 6) is 0. The maximum absolute atomic E-state index is 11.4. The normalized spacial score (nSPS) is 17.9. The number of hydrogen-bond donors (Lipinski definition) is 2. The third-order valence-corrected chi connectivity index (χ3v) is 2.56. The average molecular weight is 214 g/mol. The van der Waals surface area contributed by atoms with E-state index in [1.807, 2.05) is 0 Å². The Balaban J connectivity index is 2.37. The molecule has 0 saturated carbocycles. The lowest BCUT2D eigenvalue weighted by Crippen LogP contribution is -2.54. The summed E-state index contributed by atoms with van der Waals surface area (Å²) in [7, 11) is 0. The van der Waals surface area contributed by atoms with Crippen LogP contribution in [-0.4, -0.2) is 54.1 Å². The molecular formula is C9H18N4O2. The molecule has 1 saturated heterocycles. The summed E-state index contributed by atoms with van der Waals surface area (Å²) < 4.78 is 0. The van der Waals surface area contributed by atoms with Gasteiger partial charge in [0.2, 0.25) is 0 Å². The molecule has 6 nitrogen and oxygen atoms in total. The Hall–Kier alpha value is -1.30. The molecule has 0 aromatic rings. The summed E-state index contributed by atoms with van der Waals surface area (Å²) in [4.78, 5) is 25.7. The zero-order valence-electron chi connectivity index (χ0n) is 9.19. The van der Waals surface area contributed by atoms with E-state index in [0.717, 1.165) is 13.1 Å². The van der Waals surface area contributed by atoms with Crippen LogP contribution in [0.2, 0.25) is 0 Å². The van der Waals surface area contributed by atoms with Gasteiger partial charge in [-0.3, -0.25) is 10.2 Å². The number of carbonyl (C=O) groups is 2. The van der Waals surface area contributed by atoms with Crippen LogP contribution in [0.1, 0.15) is 13.8 Å². The molecule has 6 heteroatoms. The molecular weight excluding hydrogens is 196 g/mol. The molecule has 86 valence electrons. The van der Waals surface area contributed by atoms with Gasteiger partial charge in [-0.2, -0.15) is 0 Å². The largest absolute Gasteiger partial charge is 0.351 e. The molecule has 4 amide bonds. The van der Waals surface area contributed by atoms with Gasteiger partial charge in [-0.05, 0) is 13.8 Å². The van der Waals surface area contributed by atoms with E-state index in [0.29, 0.717) is 19.1 Å². The Labute approximate surface area is 89.4 Å². The third-order valence-electron chi connectivity index (χ3n) is 2.56. The van der Waals surface area contributed by atoms with Crippen molar-refractivity contribution in [3.8, 4) is 0 Å². The number of nitrogens with two attached hydrogens (primary N) is 1. The standard InChI is InChI=1S/C9H18N4O2/c1-7(2)12-3-5-13(6-4-12)9(15)11-8(10)14/h7H,3-6H2,1-2H3,(H3,10,11,14,15). The monoisotopic (exact) mass is 214 g/mol. The number of piperazine rings is 1. The highest BCUT2D eigenvalue weighted by Gasteiger charge is 2.22. The second-order valence-electron chi connectivity index (χ2n) is 3.91. The number of primary amides is 1. The first kappa shape index (κ1) is 11.8. The molecule has 1 heterocycles. The van der Waals surface area contributed by atoms with E-state index in [4.69, 9.17) is 5.73 Å². The zero-order chi connectivity index (χ0) is 11.4. The molecule has 0 aromatic heterocycles. The topological polar surface area (TPSA) is 78.7 Å². The number of imide groups is 1. The van der Waals surface area contributed by atoms with E-state index in [9.17, 15) is 9.59 Å². The van der Waals surface area contributed by atoms with Gasteiger partial charge in [0.25, 0.3) is 0 Å². The Morgan fingerprint density at radius 1 is 1.20 bits per heavy atom. The highest BCUT2D eigenvalue weighted by molar-refractivity contribution is 5.92. The number of nitrogens with one attached hydrogen (secondary N) is 1. The molecule has 0 radical (unpaired) electrons. The van der Waals surface area contributed by atoms with E-state index in [-0.39, 0.29) is 0 Å². The molecule has 0 aromatic carbocycles. The second-order valence-corrected chi connectivity index (χ2v) is 3.91. The van der Waals surface area contributed by atoms with Crippen molar-refractivity contribution >= 4 is 12.1 Å². The minimum absolute atomic E-state index is 0.397. The Kier molecular flexibility index (Phi) is 3.90. The third kappa shape index (κ3) is 3.39. The van der Waals surface area contributed by atoms with Gasteiger partial charge in [0.05, 0.1) is 0 Å². The number of hydrogen-bond acceptors (Lipinski definition) is 3. The van der Waals surface area contributed by atoms with Gasteiger partial charge in [-0.25, -0.2) is 9.59 Å². The molecule has 1 aliphatic rings. The molecule has 1 fully saturated rings. The molecule has 0 unspecified atom stereocenters. The average Bonchev–Trinajstić information content (AvgIpc) is 2.17. The van der Waals surface area contributed by atoms with Crippen LogP contribution in [0.3, 0.4) is 0 Å². The second kappa shape index (κ2) is 4.97. The zero-order valence-corrected chi connectivity index (χ0v) is 9.19. The fourth-order valence-corrected chi connectivity index (χ4v) is 1.63. The van der Waals surface area contributed by atoms with Crippen LogP contribution in [0.15, 0.2) is 0 Å². The number of nitrogens with zero attached hydrogens (tertiary/aromatic N) is 2. The van der Waals surface area contributed by atoms with Gasteiger partial charge in [-0.1, -0.05) is 0 Å². The van der Waals surface area contributed by atoms with E-state index >= 15 is 0 Å². The Bertz CT molecular complexity index is 246. The molecule has 0 atom stereocenters. The fourth-order valence-electron chi connectivity index (χ4n) is 1.63. The molecule has 15 heavy (non-hydrogen) atoms. The lowest BCUT2D eigenvalue weighted by atomic mass is 10.2. The first-order chi connectivity index (χ1) is 7.00. The molecule has 0 aliphatic carbocycles. The van der Waals surface area contributed by atoms with Crippen LogP contribution in [0.5, 0.6) is 0 Å². The number of urea groups is 2. The fraction of sp³-hybridized carbons (Fsp3) is 0.778. The highest BCUT2D eigenvalue weighted by Crippen LogP contribution is 2.05. The number of amides is 4. The summed E-state index contributed by atoms with van der Waals surface area (Å²) in [6.45, 7) is 7.20. The molecule has 3 N–H and O–H groups in total. The van der Waals surface area contributed by atoms with Crippen LogP contribution in [0.4, 0.5) is 9.59 Å². The SMILES string of the molecule is CC(C)N1CCN(C(=O)NC(N)=O)CC1. The van der Waals surface area contributed by atoms with Crippen LogP contribution >= 0.6 is 0 Å². The summed E-state index contributed by atoms with van der Waals surface area (Å²) in [6, 6.07) is -0.705. The molecule has 1 aliphatic heterocycles. The number of carbonyl (C=O) groups excluding carboxylic acids is 2. The summed E-state index contributed by atoms with van der Waals surface area (Å²) in [6.07, 6.45) is 0. The number of rotatable bonds is 1. The van der Waals surface area contributed by atoms with E-state index in [2.05, 4.69) is 24.1 Å². The quantitative estimate of drug-likeness (QED) is 0.634. The minimum Gasteiger partial charge on any atom is -0.351 e. The first-order valence-electron chi connectivity index (χ1n) is 5.10. The van der Waals surface area contributed by atoms with Crippen molar-refractivity contribution in [3.63, 3.8) is 0 Å². The molecule has 0 spiro atoms. The Morgan fingerprint density at radius 3 is 2.13 bits per heavy atom. The summed E-state index contributed by atoms with van der Waals surface area (Å²) in [5.41, 5.74) is 4.87. The highest BCUT2D eigenvalue weighted by atomic mass is 16.2. The lowest BCUT2D eigenvalue weighted by molar-refractivity contribution is 0.120. The van der Waals surface area contributed by atoms with Gasteiger partial charge < -0.3 is 10.6 Å². The van der Waals surface area contributed by atoms with Crippen molar-refractivity contribution in [1.29, 1.82) is 0 Å².